The van der Waals surface area contributed by atoms with Crippen LogP contribution in [0.5, 0.6) is 0 Å². The van der Waals surface area contributed by atoms with Gasteiger partial charge in [-0.05, 0) is 12.0 Å². The van der Waals surface area contributed by atoms with Crippen molar-refractivity contribution >= 4 is 22.6 Å². The van der Waals surface area contributed by atoms with Crippen molar-refractivity contribution in [2.24, 2.45) is 0 Å². The van der Waals surface area contributed by atoms with Gasteiger partial charge in [0, 0.05) is 25.1 Å². The molecule has 0 saturated heterocycles. The van der Waals surface area contributed by atoms with E-state index < -0.39 is 4.92 Å². The van der Waals surface area contributed by atoms with Gasteiger partial charge in [0.2, 0.25) is 5.91 Å². The second-order valence-corrected chi connectivity index (χ2v) is 6.39. The normalized spacial score (nSPS) is 10.8. The zero-order chi connectivity index (χ0) is 20.8. The largest absolute Gasteiger partial charge is 0.354 e. The van der Waals surface area contributed by atoms with Crippen molar-refractivity contribution in [1.82, 2.24) is 24.6 Å². The fourth-order valence-corrected chi connectivity index (χ4v) is 2.86. The van der Waals surface area contributed by atoms with Crippen molar-refractivity contribution in [3.05, 3.63) is 75.5 Å². The zero-order valence-corrected chi connectivity index (χ0v) is 15.7. The summed E-state index contributed by atoms with van der Waals surface area (Å²) in [5.41, 5.74) is 0.720. The smallest absolute Gasteiger partial charge is 0.269 e. The van der Waals surface area contributed by atoms with Crippen LogP contribution in [0.15, 0.2) is 54.2 Å². The number of nitrogens with one attached hydrogen (secondary N) is 1. The third-order valence-electron chi connectivity index (χ3n) is 4.32. The quantitative estimate of drug-likeness (QED) is 0.333. The number of nitro benzene ring substituents is 1. The van der Waals surface area contributed by atoms with E-state index >= 15 is 0 Å². The number of hydrogen-bond donors (Lipinski definition) is 1. The van der Waals surface area contributed by atoms with Gasteiger partial charge in [-0.3, -0.25) is 24.3 Å². The number of carbonyl (C=O) groups is 1. The SMILES string of the molecule is C=CCCC(=O)NCCn1ncc2c(=O)n(Cc3cccc([N+](=O)[O-])c3)cnc21. The summed E-state index contributed by atoms with van der Waals surface area (Å²) in [5, 5.41) is 18.2. The maximum Gasteiger partial charge on any atom is 0.269 e. The first-order chi connectivity index (χ1) is 14.0. The van der Waals surface area contributed by atoms with E-state index in [1.54, 1.807) is 22.9 Å². The van der Waals surface area contributed by atoms with Crippen molar-refractivity contribution in [1.29, 1.82) is 0 Å². The molecule has 0 bridgehead atoms. The highest BCUT2D eigenvalue weighted by molar-refractivity contribution is 5.76. The topological polar surface area (TPSA) is 125 Å². The van der Waals surface area contributed by atoms with Crippen molar-refractivity contribution < 1.29 is 9.72 Å². The Balaban J connectivity index is 1.73. The number of fused-ring (bicyclic) bond motifs is 1. The fraction of sp³-hybridized carbons (Fsp3) is 0.263. The van der Waals surface area contributed by atoms with Gasteiger partial charge in [0.05, 0.1) is 24.2 Å². The van der Waals surface area contributed by atoms with Crippen LogP contribution < -0.4 is 10.9 Å². The standard InChI is InChI=1S/C19H20N6O4/c1-2-3-7-17(26)20-8-9-24-18-16(11-22-24)19(27)23(13-21-18)12-14-5-4-6-15(10-14)25(28)29/h2,4-6,10-11,13H,1,3,7-9,12H2,(H,20,26). The highest BCUT2D eigenvalue weighted by Crippen LogP contribution is 2.14. The molecule has 0 spiro atoms. The van der Waals surface area contributed by atoms with Crippen LogP contribution in [0.2, 0.25) is 0 Å². The maximum absolute atomic E-state index is 12.7. The lowest BCUT2D eigenvalue weighted by molar-refractivity contribution is -0.384. The van der Waals surface area contributed by atoms with Gasteiger partial charge in [-0.1, -0.05) is 18.2 Å². The number of nitrogens with zero attached hydrogens (tertiary/aromatic N) is 5. The Morgan fingerprint density at radius 2 is 2.21 bits per heavy atom. The van der Waals surface area contributed by atoms with Crippen LogP contribution in [-0.2, 0) is 17.9 Å². The molecule has 1 amide bonds. The second-order valence-electron chi connectivity index (χ2n) is 6.39. The van der Waals surface area contributed by atoms with E-state index in [2.05, 4.69) is 22.0 Å². The predicted octanol–water partition coefficient (Wildman–Crippen LogP) is 1.63. The molecule has 2 heterocycles. The molecule has 3 aromatic rings. The molecule has 1 aromatic carbocycles. The van der Waals surface area contributed by atoms with Gasteiger partial charge in [0.25, 0.3) is 11.2 Å². The summed E-state index contributed by atoms with van der Waals surface area (Å²) in [5.74, 6) is -0.0753. The number of hydrogen-bond acceptors (Lipinski definition) is 6. The van der Waals surface area contributed by atoms with Crippen molar-refractivity contribution in [3.63, 3.8) is 0 Å². The summed E-state index contributed by atoms with van der Waals surface area (Å²) in [4.78, 5) is 39.1. The number of aromatic nitrogens is 4. The first-order valence-electron chi connectivity index (χ1n) is 9.01. The van der Waals surface area contributed by atoms with E-state index in [1.807, 2.05) is 0 Å². The molecule has 0 unspecified atom stereocenters. The minimum atomic E-state index is -0.478. The Morgan fingerprint density at radius 3 is 2.97 bits per heavy atom. The number of carbonyl (C=O) groups excluding carboxylic acids is 1. The molecule has 29 heavy (non-hydrogen) atoms. The summed E-state index contributed by atoms with van der Waals surface area (Å²) >= 11 is 0. The Labute approximate surface area is 165 Å². The van der Waals surface area contributed by atoms with Gasteiger partial charge in [-0.15, -0.1) is 6.58 Å². The Kier molecular flexibility index (Phi) is 6.12. The Bertz CT molecular complexity index is 1120. The molecule has 150 valence electrons. The molecule has 0 aliphatic heterocycles. The minimum Gasteiger partial charge on any atom is -0.354 e. The molecule has 0 aliphatic rings. The molecule has 10 heteroatoms. The van der Waals surface area contributed by atoms with Gasteiger partial charge in [-0.25, -0.2) is 9.67 Å². The third-order valence-corrected chi connectivity index (χ3v) is 4.32. The lowest BCUT2D eigenvalue weighted by Crippen LogP contribution is -2.27. The summed E-state index contributed by atoms with van der Waals surface area (Å²) in [6, 6.07) is 6.11. The van der Waals surface area contributed by atoms with Gasteiger partial charge in [-0.2, -0.15) is 5.10 Å². The summed E-state index contributed by atoms with van der Waals surface area (Å²) in [7, 11) is 0. The molecule has 10 nitrogen and oxygen atoms in total. The lowest BCUT2D eigenvalue weighted by atomic mass is 10.2. The molecule has 0 radical (unpaired) electrons. The van der Waals surface area contributed by atoms with Crippen LogP contribution in [0, 0.1) is 10.1 Å². The number of non-ortho nitro benzene ring substituents is 1. The van der Waals surface area contributed by atoms with Crippen LogP contribution in [0.25, 0.3) is 11.0 Å². The Hall–Kier alpha value is -3.82. The van der Waals surface area contributed by atoms with Crippen LogP contribution in [0.1, 0.15) is 18.4 Å². The number of benzene rings is 1. The van der Waals surface area contributed by atoms with Crippen molar-refractivity contribution in [2.75, 3.05) is 6.54 Å². The lowest BCUT2D eigenvalue weighted by Gasteiger charge is -2.07. The predicted molar refractivity (Wildman–Crippen MR) is 106 cm³/mol. The van der Waals surface area contributed by atoms with E-state index in [1.165, 1.54) is 29.2 Å². The fourth-order valence-electron chi connectivity index (χ4n) is 2.86. The molecule has 0 fully saturated rings. The summed E-state index contributed by atoms with van der Waals surface area (Å²) < 4.78 is 2.94. The number of allylic oxidation sites excluding steroid dienone is 1. The second kappa shape index (κ2) is 8.91. The maximum atomic E-state index is 12.7. The van der Waals surface area contributed by atoms with E-state index in [0.717, 1.165) is 0 Å². The molecule has 1 N–H and O–H groups in total. The molecule has 0 saturated carbocycles. The summed E-state index contributed by atoms with van der Waals surface area (Å²) in [6.45, 7) is 4.48. The van der Waals surface area contributed by atoms with Crippen LogP contribution in [-0.4, -0.2) is 36.7 Å². The number of rotatable bonds is 9. The van der Waals surface area contributed by atoms with E-state index in [0.29, 0.717) is 42.5 Å². The van der Waals surface area contributed by atoms with E-state index in [9.17, 15) is 19.7 Å². The van der Waals surface area contributed by atoms with Gasteiger partial charge in [0.15, 0.2) is 5.65 Å². The molecule has 0 aliphatic carbocycles. The molecule has 3 rings (SSSR count). The highest BCUT2D eigenvalue weighted by Gasteiger charge is 2.12. The molecule has 2 aromatic heterocycles. The Morgan fingerprint density at radius 1 is 1.38 bits per heavy atom. The van der Waals surface area contributed by atoms with Crippen LogP contribution in [0.3, 0.4) is 0 Å². The summed E-state index contributed by atoms with van der Waals surface area (Å²) in [6.07, 6.45) is 5.51. The van der Waals surface area contributed by atoms with Gasteiger partial charge >= 0.3 is 0 Å². The average molecular weight is 396 g/mol. The van der Waals surface area contributed by atoms with Gasteiger partial charge < -0.3 is 5.32 Å². The number of amides is 1. The van der Waals surface area contributed by atoms with Crippen molar-refractivity contribution in [2.45, 2.75) is 25.9 Å². The average Bonchev–Trinajstić information content (AvgIpc) is 3.12. The first-order valence-corrected chi connectivity index (χ1v) is 9.01. The first kappa shape index (κ1) is 19.9. The molecular weight excluding hydrogens is 376 g/mol. The van der Waals surface area contributed by atoms with Crippen molar-refractivity contribution in [3.8, 4) is 0 Å². The van der Waals surface area contributed by atoms with Crippen LogP contribution >= 0.6 is 0 Å². The highest BCUT2D eigenvalue weighted by atomic mass is 16.6. The third kappa shape index (κ3) is 4.72. The molecular formula is C19H20N6O4. The van der Waals surface area contributed by atoms with Gasteiger partial charge in [0.1, 0.15) is 11.7 Å². The molecule has 0 atom stereocenters. The number of nitro groups is 1. The minimum absolute atomic E-state index is 0.0347. The van der Waals surface area contributed by atoms with Crippen LogP contribution in [0.4, 0.5) is 5.69 Å². The van der Waals surface area contributed by atoms with E-state index in [-0.39, 0.29) is 23.7 Å². The van der Waals surface area contributed by atoms with E-state index in [4.69, 9.17) is 0 Å². The monoisotopic (exact) mass is 396 g/mol. The zero-order valence-electron chi connectivity index (χ0n) is 15.7.